The van der Waals surface area contributed by atoms with Crippen LogP contribution in [0.4, 0.5) is 0 Å². The van der Waals surface area contributed by atoms with E-state index in [0.29, 0.717) is 12.5 Å². The molecule has 0 unspecified atom stereocenters. The van der Waals surface area contributed by atoms with Crippen molar-refractivity contribution in [1.82, 2.24) is 14.8 Å². The molecule has 3 rings (SSSR count). The van der Waals surface area contributed by atoms with Gasteiger partial charge in [0.1, 0.15) is 0 Å². The number of nitrogens with one attached hydrogen (secondary N) is 1. The van der Waals surface area contributed by atoms with Crippen LogP contribution in [0.1, 0.15) is 38.2 Å². The SMILES string of the molecule is C[C@H]1CCCCN1CCNC(=O)CCc1ccc2ccn(C)c2c1. The fourth-order valence-electron chi connectivity index (χ4n) is 3.64. The van der Waals surface area contributed by atoms with Gasteiger partial charge in [-0.15, -0.1) is 0 Å². The van der Waals surface area contributed by atoms with Gasteiger partial charge >= 0.3 is 0 Å². The molecule has 2 aromatic rings. The molecule has 1 atom stereocenters. The summed E-state index contributed by atoms with van der Waals surface area (Å²) in [5.41, 5.74) is 2.45. The molecule has 1 aliphatic rings. The van der Waals surface area contributed by atoms with E-state index in [1.54, 1.807) is 0 Å². The van der Waals surface area contributed by atoms with E-state index in [9.17, 15) is 4.79 Å². The number of aromatic nitrogens is 1. The number of likely N-dealkylation sites (tertiary alicyclic amines) is 1. The summed E-state index contributed by atoms with van der Waals surface area (Å²) in [5, 5.41) is 4.33. The Balaban J connectivity index is 1.42. The highest BCUT2D eigenvalue weighted by Gasteiger charge is 2.17. The first-order chi connectivity index (χ1) is 11.6. The molecule has 1 N–H and O–H groups in total. The van der Waals surface area contributed by atoms with E-state index in [4.69, 9.17) is 0 Å². The van der Waals surface area contributed by atoms with Crippen LogP contribution in [-0.4, -0.2) is 41.1 Å². The molecular formula is C20H29N3O. The summed E-state index contributed by atoms with van der Waals surface area (Å²) >= 11 is 0. The monoisotopic (exact) mass is 327 g/mol. The van der Waals surface area contributed by atoms with Crippen LogP contribution < -0.4 is 5.32 Å². The van der Waals surface area contributed by atoms with E-state index >= 15 is 0 Å². The molecule has 4 heteroatoms. The van der Waals surface area contributed by atoms with E-state index < -0.39 is 0 Å². The predicted octanol–water partition coefficient (Wildman–Crippen LogP) is 3.10. The van der Waals surface area contributed by atoms with E-state index in [0.717, 1.165) is 19.5 Å². The highest BCUT2D eigenvalue weighted by molar-refractivity contribution is 5.81. The maximum Gasteiger partial charge on any atom is 0.220 e. The molecule has 1 fully saturated rings. The first-order valence-corrected chi connectivity index (χ1v) is 9.18. The quantitative estimate of drug-likeness (QED) is 0.885. The largest absolute Gasteiger partial charge is 0.355 e. The summed E-state index contributed by atoms with van der Waals surface area (Å²) in [6.07, 6.45) is 7.35. The van der Waals surface area contributed by atoms with Crippen LogP contribution in [0.2, 0.25) is 0 Å². The molecule has 0 aliphatic carbocycles. The summed E-state index contributed by atoms with van der Waals surface area (Å²) in [6, 6.07) is 9.24. The predicted molar refractivity (Wildman–Crippen MR) is 99.1 cm³/mol. The Bertz CT molecular complexity index is 691. The minimum Gasteiger partial charge on any atom is -0.355 e. The van der Waals surface area contributed by atoms with Gasteiger partial charge in [-0.1, -0.05) is 18.6 Å². The molecule has 1 saturated heterocycles. The molecule has 4 nitrogen and oxygen atoms in total. The van der Waals surface area contributed by atoms with Crippen LogP contribution >= 0.6 is 0 Å². The van der Waals surface area contributed by atoms with Crippen LogP contribution in [0.25, 0.3) is 10.9 Å². The Morgan fingerprint density at radius 2 is 2.17 bits per heavy atom. The lowest BCUT2D eigenvalue weighted by atomic mass is 10.0. The van der Waals surface area contributed by atoms with E-state index in [1.165, 1.54) is 42.3 Å². The first-order valence-electron chi connectivity index (χ1n) is 9.18. The number of amides is 1. The zero-order valence-corrected chi connectivity index (χ0v) is 14.9. The third-order valence-corrected chi connectivity index (χ3v) is 5.26. The van der Waals surface area contributed by atoms with Gasteiger partial charge in [0.25, 0.3) is 0 Å². The van der Waals surface area contributed by atoms with Gasteiger partial charge in [-0.2, -0.15) is 0 Å². The second kappa shape index (κ2) is 7.84. The van der Waals surface area contributed by atoms with Crippen LogP contribution in [0, 0.1) is 0 Å². The van der Waals surface area contributed by atoms with Gasteiger partial charge in [0.05, 0.1) is 0 Å². The van der Waals surface area contributed by atoms with Crippen molar-refractivity contribution in [3.8, 4) is 0 Å². The van der Waals surface area contributed by atoms with Crippen LogP contribution in [0.5, 0.6) is 0 Å². The van der Waals surface area contributed by atoms with Gasteiger partial charge in [0, 0.05) is 44.3 Å². The van der Waals surface area contributed by atoms with Crippen molar-refractivity contribution in [2.24, 2.45) is 7.05 Å². The number of piperidine rings is 1. The summed E-state index contributed by atoms with van der Waals surface area (Å²) in [7, 11) is 2.06. The number of benzene rings is 1. The van der Waals surface area contributed by atoms with Crippen molar-refractivity contribution >= 4 is 16.8 Å². The van der Waals surface area contributed by atoms with E-state index in [-0.39, 0.29) is 5.91 Å². The Morgan fingerprint density at radius 3 is 3.00 bits per heavy atom. The van der Waals surface area contributed by atoms with Crippen molar-refractivity contribution in [2.45, 2.75) is 45.1 Å². The zero-order valence-electron chi connectivity index (χ0n) is 14.9. The maximum absolute atomic E-state index is 12.1. The van der Waals surface area contributed by atoms with Crippen molar-refractivity contribution < 1.29 is 4.79 Å². The van der Waals surface area contributed by atoms with Gasteiger partial charge in [0.15, 0.2) is 0 Å². The first kappa shape index (κ1) is 17.0. The molecule has 1 aliphatic heterocycles. The van der Waals surface area contributed by atoms with Gasteiger partial charge < -0.3 is 9.88 Å². The van der Waals surface area contributed by atoms with Gasteiger partial charge in [-0.05, 0) is 55.8 Å². The number of nitrogens with zero attached hydrogens (tertiary/aromatic N) is 2. The summed E-state index contributed by atoms with van der Waals surface area (Å²) in [4.78, 5) is 14.6. The number of fused-ring (bicyclic) bond motifs is 1. The normalized spacial score (nSPS) is 18.8. The fourth-order valence-corrected chi connectivity index (χ4v) is 3.64. The Morgan fingerprint density at radius 1 is 1.29 bits per heavy atom. The van der Waals surface area contributed by atoms with Crippen LogP contribution in [0.3, 0.4) is 0 Å². The Kier molecular flexibility index (Phi) is 5.56. The molecular weight excluding hydrogens is 298 g/mol. The van der Waals surface area contributed by atoms with Crippen molar-refractivity contribution in [1.29, 1.82) is 0 Å². The molecule has 0 bridgehead atoms. The number of rotatable bonds is 6. The number of carbonyl (C=O) groups excluding carboxylic acids is 1. The fraction of sp³-hybridized carbons (Fsp3) is 0.550. The lowest BCUT2D eigenvalue weighted by molar-refractivity contribution is -0.121. The molecule has 2 heterocycles. The molecule has 24 heavy (non-hydrogen) atoms. The smallest absolute Gasteiger partial charge is 0.220 e. The minimum absolute atomic E-state index is 0.159. The Hall–Kier alpha value is -1.81. The molecule has 1 aromatic heterocycles. The van der Waals surface area contributed by atoms with Crippen LogP contribution in [-0.2, 0) is 18.3 Å². The molecule has 1 amide bonds. The maximum atomic E-state index is 12.1. The minimum atomic E-state index is 0.159. The Labute approximate surface area is 144 Å². The van der Waals surface area contributed by atoms with Crippen molar-refractivity contribution in [3.05, 3.63) is 36.0 Å². The summed E-state index contributed by atoms with van der Waals surface area (Å²) in [6.45, 7) is 5.21. The molecule has 0 spiro atoms. The van der Waals surface area contributed by atoms with Crippen LogP contribution in [0.15, 0.2) is 30.5 Å². The van der Waals surface area contributed by atoms with Crippen molar-refractivity contribution in [3.63, 3.8) is 0 Å². The van der Waals surface area contributed by atoms with Gasteiger partial charge in [-0.25, -0.2) is 0 Å². The zero-order chi connectivity index (χ0) is 16.9. The number of aryl methyl sites for hydroxylation is 2. The number of hydrogen-bond acceptors (Lipinski definition) is 2. The molecule has 1 aromatic carbocycles. The standard InChI is InChI=1S/C20H29N3O/c1-16-5-3-4-12-23(16)14-11-21-20(24)9-7-17-6-8-18-10-13-22(2)19(18)15-17/h6,8,10,13,15-16H,3-5,7,9,11-12,14H2,1-2H3,(H,21,24)/t16-/m0/s1. The van der Waals surface area contributed by atoms with Gasteiger partial charge in [-0.3, -0.25) is 9.69 Å². The average Bonchev–Trinajstić information content (AvgIpc) is 2.95. The second-order valence-corrected chi connectivity index (χ2v) is 7.05. The molecule has 0 saturated carbocycles. The molecule has 130 valence electrons. The topological polar surface area (TPSA) is 37.3 Å². The van der Waals surface area contributed by atoms with Crippen molar-refractivity contribution in [2.75, 3.05) is 19.6 Å². The second-order valence-electron chi connectivity index (χ2n) is 7.05. The molecule has 0 radical (unpaired) electrons. The highest BCUT2D eigenvalue weighted by atomic mass is 16.1. The highest BCUT2D eigenvalue weighted by Crippen LogP contribution is 2.18. The summed E-state index contributed by atoms with van der Waals surface area (Å²) in [5.74, 6) is 0.159. The number of hydrogen-bond donors (Lipinski definition) is 1. The lowest BCUT2D eigenvalue weighted by Gasteiger charge is -2.33. The van der Waals surface area contributed by atoms with Gasteiger partial charge in [0.2, 0.25) is 5.91 Å². The third kappa shape index (κ3) is 4.18. The van der Waals surface area contributed by atoms with E-state index in [2.05, 4.69) is 59.2 Å². The van der Waals surface area contributed by atoms with E-state index in [1.807, 2.05) is 0 Å². The summed E-state index contributed by atoms with van der Waals surface area (Å²) < 4.78 is 2.12. The third-order valence-electron chi connectivity index (χ3n) is 5.26. The lowest BCUT2D eigenvalue weighted by Crippen LogP contribution is -2.42. The average molecular weight is 327 g/mol. The number of carbonyl (C=O) groups is 1.